The van der Waals surface area contributed by atoms with E-state index in [2.05, 4.69) is 83.7 Å². The third-order valence-electron chi connectivity index (χ3n) is 7.59. The van der Waals surface area contributed by atoms with Crippen molar-refractivity contribution in [3.8, 4) is 5.75 Å². The van der Waals surface area contributed by atoms with E-state index >= 15 is 0 Å². The molecular weight excluding hydrogens is 472 g/mol. The second-order valence-corrected chi connectivity index (χ2v) is 12.8. The molecule has 1 aliphatic heterocycles. The van der Waals surface area contributed by atoms with Crippen molar-refractivity contribution in [2.24, 2.45) is 16.8 Å². The van der Waals surface area contributed by atoms with Gasteiger partial charge in [0.1, 0.15) is 11.6 Å². The highest BCUT2D eigenvalue weighted by Gasteiger charge is 2.39. The molecule has 1 aliphatic rings. The lowest BCUT2D eigenvalue weighted by Gasteiger charge is -2.28. The minimum Gasteiger partial charge on any atom is -0.507 e. The molecule has 1 N–H and O–H groups in total. The number of likely N-dealkylation sites (tertiary alicyclic amines) is 1. The number of aliphatic imine (C=N–C) groups is 1. The van der Waals surface area contributed by atoms with Crippen molar-refractivity contribution < 1.29 is 14.6 Å². The molecule has 0 saturated carbocycles. The van der Waals surface area contributed by atoms with Crippen molar-refractivity contribution in [3.63, 3.8) is 0 Å². The van der Waals surface area contributed by atoms with Gasteiger partial charge in [0.25, 0.3) is 0 Å². The van der Waals surface area contributed by atoms with E-state index in [-0.39, 0.29) is 29.1 Å². The number of aromatic hydroxyl groups is 1. The molecule has 2 aromatic rings. The zero-order valence-corrected chi connectivity index (χ0v) is 24.8. The van der Waals surface area contributed by atoms with E-state index in [0.29, 0.717) is 30.4 Å². The lowest BCUT2D eigenvalue weighted by atomic mass is 9.78. The van der Waals surface area contributed by atoms with Crippen LogP contribution < -0.4 is 0 Å². The second kappa shape index (κ2) is 12.5. The van der Waals surface area contributed by atoms with Crippen molar-refractivity contribution in [1.29, 1.82) is 0 Å². The Morgan fingerprint density at radius 2 is 1.66 bits per heavy atom. The Morgan fingerprint density at radius 3 is 2.18 bits per heavy atom. The molecule has 1 heterocycles. The van der Waals surface area contributed by atoms with E-state index in [1.807, 2.05) is 12.1 Å². The van der Waals surface area contributed by atoms with Crippen LogP contribution in [0.1, 0.15) is 88.4 Å². The number of Topliss-reactive ketones (excluding diaryl/α,β-unsaturated/α-hetero) is 1. The van der Waals surface area contributed by atoms with Crippen molar-refractivity contribution in [1.82, 2.24) is 4.90 Å². The number of carbonyl (C=O) groups excluding carboxylic acids is 1. The van der Waals surface area contributed by atoms with Crippen molar-refractivity contribution >= 4 is 11.6 Å². The first-order valence-electron chi connectivity index (χ1n) is 14.1. The summed E-state index contributed by atoms with van der Waals surface area (Å²) in [6.45, 7) is 17.0. The number of methoxy groups -OCH3 is 1. The van der Waals surface area contributed by atoms with E-state index in [9.17, 15) is 9.90 Å². The number of rotatable bonds is 10. The molecule has 0 aliphatic carbocycles. The maximum Gasteiger partial charge on any atom is 0.182 e. The molecule has 0 amide bonds. The van der Waals surface area contributed by atoms with Crippen LogP contribution in [0.5, 0.6) is 5.75 Å². The fourth-order valence-corrected chi connectivity index (χ4v) is 5.56. The highest BCUT2D eigenvalue weighted by atomic mass is 16.5. The molecule has 0 radical (unpaired) electrons. The molecule has 2 aromatic carbocycles. The highest BCUT2D eigenvalue weighted by Crippen LogP contribution is 2.40. The van der Waals surface area contributed by atoms with Gasteiger partial charge < -0.3 is 14.7 Å². The molecule has 1 saturated heterocycles. The largest absolute Gasteiger partial charge is 0.507 e. The Hall–Kier alpha value is -2.66. The van der Waals surface area contributed by atoms with Crippen LogP contribution in [-0.4, -0.2) is 55.0 Å². The molecule has 0 unspecified atom stereocenters. The van der Waals surface area contributed by atoms with Crippen molar-refractivity contribution in [2.75, 3.05) is 33.4 Å². The number of hydrogen-bond acceptors (Lipinski definition) is 4. The maximum atomic E-state index is 13.9. The first-order chi connectivity index (χ1) is 17.9. The summed E-state index contributed by atoms with van der Waals surface area (Å²) in [5, 5.41) is 11.1. The van der Waals surface area contributed by atoms with Crippen molar-refractivity contribution in [2.45, 2.75) is 78.6 Å². The third kappa shape index (κ3) is 7.25. The van der Waals surface area contributed by atoms with Crippen LogP contribution in [0, 0.1) is 11.8 Å². The predicted octanol–water partition coefficient (Wildman–Crippen LogP) is 6.81. The van der Waals surface area contributed by atoms with Crippen LogP contribution in [0.4, 0.5) is 0 Å². The van der Waals surface area contributed by atoms with Gasteiger partial charge in [0.05, 0.1) is 19.7 Å². The van der Waals surface area contributed by atoms with E-state index in [1.165, 1.54) is 5.56 Å². The number of ether oxygens (including phenoxy) is 1. The molecule has 3 rings (SSSR count). The van der Waals surface area contributed by atoms with Crippen LogP contribution in [0.2, 0.25) is 0 Å². The highest BCUT2D eigenvalue weighted by molar-refractivity contribution is 6.01. The van der Waals surface area contributed by atoms with Gasteiger partial charge in [-0.25, -0.2) is 0 Å². The van der Waals surface area contributed by atoms with Gasteiger partial charge in [0, 0.05) is 36.3 Å². The molecule has 2 atom stereocenters. The third-order valence-corrected chi connectivity index (χ3v) is 7.59. The molecule has 38 heavy (non-hydrogen) atoms. The van der Waals surface area contributed by atoms with Gasteiger partial charge in [-0.3, -0.25) is 9.79 Å². The summed E-state index contributed by atoms with van der Waals surface area (Å²) >= 11 is 0. The summed E-state index contributed by atoms with van der Waals surface area (Å²) in [7, 11) is 1.70. The summed E-state index contributed by atoms with van der Waals surface area (Å²) in [5.41, 5.74) is 3.02. The molecule has 0 bridgehead atoms. The number of ketones is 1. The topological polar surface area (TPSA) is 62.1 Å². The summed E-state index contributed by atoms with van der Waals surface area (Å²) in [5.74, 6) is 2.12. The average Bonchev–Trinajstić information content (AvgIpc) is 3.14. The van der Waals surface area contributed by atoms with E-state index in [1.54, 1.807) is 7.11 Å². The quantitative estimate of drug-likeness (QED) is 0.276. The minimum atomic E-state index is -0.284. The molecular formula is C33H48N2O3. The normalized spacial score (nSPS) is 19.4. The summed E-state index contributed by atoms with van der Waals surface area (Å²) in [4.78, 5) is 21.1. The lowest BCUT2D eigenvalue weighted by molar-refractivity contribution is 0.0963. The monoisotopic (exact) mass is 520 g/mol. The molecule has 0 aromatic heterocycles. The first-order valence-corrected chi connectivity index (χ1v) is 14.1. The van der Waals surface area contributed by atoms with Crippen LogP contribution in [0.15, 0.2) is 47.5 Å². The Bertz CT molecular complexity index is 1070. The Kier molecular flexibility index (Phi) is 9.80. The molecule has 5 heteroatoms. The van der Waals surface area contributed by atoms with E-state index in [0.717, 1.165) is 42.8 Å². The SMILES string of the molecule is CCC[C@H]1CN(CC(=O)c2cc(C(C)(C)C)c(O)c(C(C)(C)C)c2)/C(=N\CCOC)[C@@H]1Cc1ccccc1. The summed E-state index contributed by atoms with van der Waals surface area (Å²) in [6, 6.07) is 14.4. The molecule has 1 fully saturated rings. The fourth-order valence-electron chi connectivity index (χ4n) is 5.56. The van der Waals surface area contributed by atoms with Crippen molar-refractivity contribution in [3.05, 3.63) is 64.7 Å². The van der Waals surface area contributed by atoms with Gasteiger partial charge >= 0.3 is 0 Å². The Balaban J connectivity index is 1.98. The molecule has 0 spiro atoms. The van der Waals surface area contributed by atoms with Crippen LogP contribution in [0.3, 0.4) is 0 Å². The number of hydrogen-bond donors (Lipinski definition) is 1. The fraction of sp³-hybridized carbons (Fsp3) is 0.576. The Labute approximate surface area is 230 Å². The number of phenolic OH excluding ortho intramolecular Hbond substituents is 1. The van der Waals surface area contributed by atoms with E-state index in [4.69, 9.17) is 9.73 Å². The number of nitrogens with zero attached hydrogens (tertiary/aromatic N) is 2. The minimum absolute atomic E-state index is 0.0658. The van der Waals surface area contributed by atoms with Gasteiger partial charge in [0.2, 0.25) is 0 Å². The average molecular weight is 521 g/mol. The lowest BCUT2D eigenvalue weighted by Crippen LogP contribution is -2.34. The predicted molar refractivity (Wildman–Crippen MR) is 158 cm³/mol. The second-order valence-electron chi connectivity index (χ2n) is 12.8. The first kappa shape index (κ1) is 29.9. The van der Waals surface area contributed by atoms with Crippen LogP contribution >= 0.6 is 0 Å². The zero-order chi connectivity index (χ0) is 28.1. The van der Waals surface area contributed by atoms with Gasteiger partial charge in [-0.1, -0.05) is 85.2 Å². The van der Waals surface area contributed by atoms with Gasteiger partial charge in [-0.15, -0.1) is 0 Å². The van der Waals surface area contributed by atoms with Gasteiger partial charge in [0.15, 0.2) is 5.78 Å². The van der Waals surface area contributed by atoms with Gasteiger partial charge in [-0.05, 0) is 47.3 Å². The Morgan fingerprint density at radius 1 is 1.05 bits per heavy atom. The van der Waals surface area contributed by atoms with Gasteiger partial charge in [-0.2, -0.15) is 0 Å². The van der Waals surface area contributed by atoms with Crippen LogP contribution in [-0.2, 0) is 22.0 Å². The standard InChI is InChI=1S/C33H48N2O3/c1-9-13-24-21-35(31(34-16-17-38-8)26(24)18-23-14-11-10-12-15-23)22-29(36)25-19-27(32(2,3)4)30(37)28(20-25)33(5,6)7/h10-12,14-15,19-20,24,26,37H,9,13,16-18,21-22H2,1-8H3/b34-31-/t24-,26+/m0/s1. The molecule has 208 valence electrons. The number of phenols is 1. The summed E-state index contributed by atoms with van der Waals surface area (Å²) in [6.07, 6.45) is 3.13. The smallest absolute Gasteiger partial charge is 0.182 e. The van der Waals surface area contributed by atoms with E-state index < -0.39 is 0 Å². The van der Waals surface area contributed by atoms with Crippen LogP contribution in [0.25, 0.3) is 0 Å². The number of benzene rings is 2. The number of amidine groups is 1. The maximum absolute atomic E-state index is 13.9. The molecule has 5 nitrogen and oxygen atoms in total. The summed E-state index contributed by atoms with van der Waals surface area (Å²) < 4.78 is 5.30. The number of carbonyl (C=O) groups is 1. The zero-order valence-electron chi connectivity index (χ0n) is 24.8.